The molecule has 2 aromatic heterocycles. The topological polar surface area (TPSA) is 57.1 Å². The molecule has 0 bridgehead atoms. The van der Waals surface area contributed by atoms with Crippen molar-refractivity contribution in [1.82, 2.24) is 15.0 Å². The SMILES string of the molecule is COc1cccnc1-c1ncc([C@@H]2C[C@@H]2c2cc(F)c(F)c(OC)c2)cn1. The van der Waals surface area contributed by atoms with Crippen molar-refractivity contribution in [3.8, 4) is 23.0 Å². The molecule has 27 heavy (non-hydrogen) atoms. The van der Waals surface area contributed by atoms with Crippen LogP contribution < -0.4 is 9.47 Å². The Labute approximate surface area is 155 Å². The largest absolute Gasteiger partial charge is 0.494 e. The van der Waals surface area contributed by atoms with Crippen molar-refractivity contribution in [3.63, 3.8) is 0 Å². The maximum atomic E-state index is 13.8. The van der Waals surface area contributed by atoms with Gasteiger partial charge in [0.25, 0.3) is 0 Å². The number of hydrogen-bond acceptors (Lipinski definition) is 5. The first-order valence-corrected chi connectivity index (χ1v) is 8.46. The van der Waals surface area contributed by atoms with Gasteiger partial charge in [0.05, 0.1) is 14.2 Å². The van der Waals surface area contributed by atoms with Crippen molar-refractivity contribution < 1.29 is 18.3 Å². The van der Waals surface area contributed by atoms with Crippen LogP contribution in [0, 0.1) is 11.6 Å². The number of ether oxygens (including phenoxy) is 2. The normalized spacial score (nSPS) is 18.2. The smallest absolute Gasteiger partial charge is 0.200 e. The van der Waals surface area contributed by atoms with E-state index in [9.17, 15) is 8.78 Å². The van der Waals surface area contributed by atoms with Crippen LogP contribution in [0.25, 0.3) is 11.5 Å². The Morgan fingerprint density at radius 1 is 0.926 bits per heavy atom. The first-order valence-electron chi connectivity index (χ1n) is 8.46. The minimum Gasteiger partial charge on any atom is -0.494 e. The molecule has 0 radical (unpaired) electrons. The second kappa shape index (κ2) is 6.90. The second-order valence-corrected chi connectivity index (χ2v) is 6.36. The van der Waals surface area contributed by atoms with Gasteiger partial charge in [0, 0.05) is 18.6 Å². The zero-order valence-corrected chi connectivity index (χ0v) is 14.8. The van der Waals surface area contributed by atoms with Crippen LogP contribution in [0.2, 0.25) is 0 Å². The molecule has 1 aliphatic rings. The Hall–Kier alpha value is -3.09. The minimum absolute atomic E-state index is 0.0792. The molecule has 2 heterocycles. The van der Waals surface area contributed by atoms with Gasteiger partial charge in [0.1, 0.15) is 11.4 Å². The number of benzene rings is 1. The Morgan fingerprint density at radius 2 is 1.63 bits per heavy atom. The van der Waals surface area contributed by atoms with Crippen LogP contribution in [0.1, 0.15) is 29.4 Å². The molecule has 0 N–H and O–H groups in total. The van der Waals surface area contributed by atoms with Crippen LogP contribution in [0.4, 0.5) is 8.78 Å². The van der Waals surface area contributed by atoms with E-state index in [-0.39, 0.29) is 17.6 Å². The average Bonchev–Trinajstić information content (AvgIpc) is 3.51. The van der Waals surface area contributed by atoms with E-state index >= 15 is 0 Å². The van der Waals surface area contributed by atoms with Crippen molar-refractivity contribution in [2.24, 2.45) is 0 Å². The van der Waals surface area contributed by atoms with Gasteiger partial charge >= 0.3 is 0 Å². The summed E-state index contributed by atoms with van der Waals surface area (Å²) in [7, 11) is 2.89. The van der Waals surface area contributed by atoms with Gasteiger partial charge in [-0.1, -0.05) is 0 Å². The zero-order chi connectivity index (χ0) is 19.0. The third-order valence-electron chi connectivity index (χ3n) is 4.76. The molecule has 1 aromatic carbocycles. The Bertz CT molecular complexity index is 979. The van der Waals surface area contributed by atoms with Gasteiger partial charge in [-0.15, -0.1) is 0 Å². The number of rotatable bonds is 5. The van der Waals surface area contributed by atoms with Gasteiger partial charge in [-0.2, -0.15) is 4.39 Å². The minimum atomic E-state index is -0.963. The Morgan fingerprint density at radius 3 is 2.33 bits per heavy atom. The molecule has 0 aliphatic heterocycles. The van der Waals surface area contributed by atoms with Crippen LogP contribution in [-0.2, 0) is 0 Å². The fourth-order valence-corrected chi connectivity index (χ4v) is 3.25. The maximum Gasteiger partial charge on any atom is 0.200 e. The molecule has 1 fully saturated rings. The van der Waals surface area contributed by atoms with E-state index in [4.69, 9.17) is 9.47 Å². The molecule has 1 aliphatic carbocycles. The summed E-state index contributed by atoms with van der Waals surface area (Å²) in [6.45, 7) is 0. The number of methoxy groups -OCH3 is 2. The fourth-order valence-electron chi connectivity index (χ4n) is 3.25. The lowest BCUT2D eigenvalue weighted by Gasteiger charge is -2.08. The van der Waals surface area contributed by atoms with Gasteiger partial charge in [0.2, 0.25) is 5.82 Å². The predicted octanol–water partition coefficient (Wildman–Crippen LogP) is 4.11. The van der Waals surface area contributed by atoms with Gasteiger partial charge < -0.3 is 9.47 Å². The monoisotopic (exact) mass is 369 g/mol. The molecule has 0 spiro atoms. The van der Waals surface area contributed by atoms with Crippen molar-refractivity contribution in [3.05, 3.63) is 65.6 Å². The van der Waals surface area contributed by atoms with Crippen molar-refractivity contribution in [2.45, 2.75) is 18.3 Å². The van der Waals surface area contributed by atoms with E-state index < -0.39 is 11.6 Å². The van der Waals surface area contributed by atoms with Crippen molar-refractivity contribution in [1.29, 1.82) is 0 Å². The zero-order valence-electron chi connectivity index (χ0n) is 14.8. The molecule has 4 rings (SSSR count). The summed E-state index contributed by atoms with van der Waals surface area (Å²) >= 11 is 0. The highest BCUT2D eigenvalue weighted by molar-refractivity contribution is 5.58. The Balaban J connectivity index is 1.56. The van der Waals surface area contributed by atoms with Crippen LogP contribution >= 0.6 is 0 Å². The van der Waals surface area contributed by atoms with E-state index in [1.807, 2.05) is 0 Å². The molecule has 7 heteroatoms. The van der Waals surface area contributed by atoms with E-state index in [0.29, 0.717) is 22.8 Å². The first kappa shape index (κ1) is 17.3. The lowest BCUT2D eigenvalue weighted by Crippen LogP contribution is -1.97. The number of aromatic nitrogens is 3. The van der Waals surface area contributed by atoms with Crippen LogP contribution in [0.15, 0.2) is 42.9 Å². The predicted molar refractivity (Wildman–Crippen MR) is 94.8 cm³/mol. The van der Waals surface area contributed by atoms with E-state index in [2.05, 4.69) is 15.0 Å². The number of hydrogen-bond donors (Lipinski definition) is 0. The highest BCUT2D eigenvalue weighted by Crippen LogP contribution is 2.55. The molecule has 138 valence electrons. The summed E-state index contributed by atoms with van der Waals surface area (Å²) in [6, 6.07) is 6.36. The molecule has 3 aromatic rings. The summed E-state index contributed by atoms with van der Waals surface area (Å²) in [5, 5.41) is 0. The van der Waals surface area contributed by atoms with Crippen molar-refractivity contribution in [2.75, 3.05) is 14.2 Å². The lowest BCUT2D eigenvalue weighted by molar-refractivity contribution is 0.371. The lowest BCUT2D eigenvalue weighted by atomic mass is 10.1. The summed E-state index contributed by atoms with van der Waals surface area (Å²) in [5.74, 6) is -0.609. The Kier molecular flexibility index (Phi) is 4.43. The van der Waals surface area contributed by atoms with E-state index in [1.54, 1.807) is 43.9 Å². The third-order valence-corrected chi connectivity index (χ3v) is 4.76. The molecule has 5 nitrogen and oxygen atoms in total. The van der Waals surface area contributed by atoms with Gasteiger partial charge in [-0.3, -0.25) is 0 Å². The van der Waals surface area contributed by atoms with Crippen LogP contribution in [0.5, 0.6) is 11.5 Å². The molecular weight excluding hydrogens is 352 g/mol. The van der Waals surface area contributed by atoms with E-state index in [0.717, 1.165) is 12.0 Å². The fraction of sp³-hybridized carbons (Fsp3) is 0.250. The summed E-state index contributed by atoms with van der Waals surface area (Å²) < 4.78 is 37.6. The van der Waals surface area contributed by atoms with E-state index in [1.165, 1.54) is 13.2 Å². The summed E-state index contributed by atoms with van der Waals surface area (Å²) in [6.07, 6.45) is 5.98. The van der Waals surface area contributed by atoms with Crippen molar-refractivity contribution >= 4 is 0 Å². The number of nitrogens with zero attached hydrogens (tertiary/aromatic N) is 3. The average molecular weight is 369 g/mol. The summed E-state index contributed by atoms with van der Waals surface area (Å²) in [4.78, 5) is 13.1. The molecule has 0 unspecified atom stereocenters. The van der Waals surface area contributed by atoms with Crippen LogP contribution in [0.3, 0.4) is 0 Å². The van der Waals surface area contributed by atoms with Gasteiger partial charge in [-0.25, -0.2) is 19.3 Å². The highest BCUT2D eigenvalue weighted by Gasteiger charge is 2.40. The molecule has 2 atom stereocenters. The molecule has 1 saturated carbocycles. The standard InChI is InChI=1S/C20H17F2N3O2/c1-26-16-4-3-5-23-19(16)20-24-9-12(10-25-20)14-8-13(14)11-6-15(21)18(22)17(7-11)27-2/h3-7,9-10,13-14H,8H2,1-2H3/t13-,14+/m1/s1. The van der Waals surface area contributed by atoms with Crippen LogP contribution in [-0.4, -0.2) is 29.2 Å². The third kappa shape index (κ3) is 3.20. The quantitative estimate of drug-likeness (QED) is 0.678. The number of pyridine rings is 1. The highest BCUT2D eigenvalue weighted by atomic mass is 19.2. The first-order chi connectivity index (χ1) is 13.1. The molecular formula is C20H17F2N3O2. The van der Waals surface area contributed by atoms with Gasteiger partial charge in [-0.05, 0) is 53.6 Å². The maximum absolute atomic E-state index is 13.8. The summed E-state index contributed by atoms with van der Waals surface area (Å²) in [5.41, 5.74) is 2.23. The molecule has 0 saturated heterocycles. The molecule has 0 amide bonds. The number of halogens is 2. The van der Waals surface area contributed by atoms with Gasteiger partial charge in [0.15, 0.2) is 17.4 Å². The second-order valence-electron chi connectivity index (χ2n) is 6.36.